The van der Waals surface area contributed by atoms with Crippen LogP contribution in [0.1, 0.15) is 43.6 Å². The van der Waals surface area contributed by atoms with Gasteiger partial charge >= 0.3 is 5.97 Å². The second-order valence-electron chi connectivity index (χ2n) is 6.77. The van der Waals surface area contributed by atoms with Crippen LogP contribution in [0.15, 0.2) is 41.4 Å². The maximum atomic E-state index is 12.4. The second kappa shape index (κ2) is 9.19. The smallest absolute Gasteiger partial charge is 0.338 e. The molecule has 0 fully saturated rings. The van der Waals surface area contributed by atoms with Gasteiger partial charge in [0.1, 0.15) is 5.82 Å². The number of amides is 1. The van der Waals surface area contributed by atoms with Gasteiger partial charge in [0.25, 0.3) is 5.91 Å². The minimum atomic E-state index is -3.69. The van der Waals surface area contributed by atoms with Crippen molar-refractivity contribution in [1.29, 1.82) is 0 Å². The molecule has 0 saturated carbocycles. The highest BCUT2D eigenvalue weighted by molar-refractivity contribution is 7.89. The number of benzene rings is 1. The zero-order valence-electron chi connectivity index (χ0n) is 17.1. The van der Waals surface area contributed by atoms with Crippen LogP contribution < -0.4 is 5.32 Å². The molecule has 1 aromatic carbocycles. The van der Waals surface area contributed by atoms with E-state index in [0.717, 1.165) is 10.7 Å². The number of anilines is 1. The average Bonchev–Trinajstić information content (AvgIpc) is 3.15. The minimum Gasteiger partial charge on any atom is -0.449 e. The Morgan fingerprint density at radius 2 is 1.93 bits per heavy atom. The number of sulfonamides is 1. The molecule has 1 aromatic heterocycles. The number of nitrogens with one attached hydrogen (secondary N) is 1. The summed E-state index contributed by atoms with van der Waals surface area (Å²) in [5.74, 6) is -0.800. The highest BCUT2D eigenvalue weighted by Gasteiger charge is 2.23. The predicted molar refractivity (Wildman–Crippen MR) is 108 cm³/mol. The third-order valence-electron chi connectivity index (χ3n) is 4.43. The Morgan fingerprint density at radius 3 is 2.55 bits per heavy atom. The number of ether oxygens (including phenoxy) is 1. The molecule has 0 unspecified atom stereocenters. The largest absolute Gasteiger partial charge is 0.449 e. The molecule has 0 bridgehead atoms. The van der Waals surface area contributed by atoms with Crippen molar-refractivity contribution in [2.45, 2.75) is 44.2 Å². The molecule has 0 aliphatic heterocycles. The number of esters is 1. The molecule has 158 valence electrons. The highest BCUT2D eigenvalue weighted by Crippen LogP contribution is 2.18. The summed E-state index contributed by atoms with van der Waals surface area (Å²) in [6.45, 7) is 5.42. The van der Waals surface area contributed by atoms with Gasteiger partial charge in [0.2, 0.25) is 10.0 Å². The lowest BCUT2D eigenvalue weighted by molar-refractivity contribution is -0.123. The van der Waals surface area contributed by atoms with Crippen molar-refractivity contribution in [1.82, 2.24) is 14.1 Å². The summed E-state index contributed by atoms with van der Waals surface area (Å²) in [7, 11) is -0.892. The maximum Gasteiger partial charge on any atom is 0.338 e. The Hall–Kier alpha value is -2.72. The SMILES string of the molecule is CC[C@H](C)n1nccc1NC(=O)[C@H](C)OC(=O)c1cccc(S(=O)(=O)N(C)C)c1. The van der Waals surface area contributed by atoms with E-state index in [0.29, 0.717) is 5.82 Å². The van der Waals surface area contributed by atoms with Crippen molar-refractivity contribution in [3.8, 4) is 0 Å². The number of hydrogen-bond donors (Lipinski definition) is 1. The van der Waals surface area contributed by atoms with E-state index in [2.05, 4.69) is 10.4 Å². The first-order chi connectivity index (χ1) is 13.6. The fourth-order valence-electron chi connectivity index (χ4n) is 2.44. The van der Waals surface area contributed by atoms with Gasteiger partial charge in [0.05, 0.1) is 22.7 Å². The van der Waals surface area contributed by atoms with Crippen molar-refractivity contribution in [3.05, 3.63) is 42.1 Å². The first kappa shape index (κ1) is 22.6. The predicted octanol–water partition coefficient (Wildman–Crippen LogP) is 2.29. The monoisotopic (exact) mass is 422 g/mol. The highest BCUT2D eigenvalue weighted by atomic mass is 32.2. The fraction of sp³-hybridized carbons (Fsp3) is 0.421. The summed E-state index contributed by atoms with van der Waals surface area (Å²) in [6, 6.07) is 7.24. The molecule has 0 spiro atoms. The molecular weight excluding hydrogens is 396 g/mol. The Labute approximate surface area is 170 Å². The number of rotatable bonds is 8. The van der Waals surface area contributed by atoms with E-state index in [-0.39, 0.29) is 16.5 Å². The van der Waals surface area contributed by atoms with Crippen LogP contribution in [0.5, 0.6) is 0 Å². The molecule has 1 amide bonds. The van der Waals surface area contributed by atoms with E-state index < -0.39 is 28.0 Å². The molecule has 1 N–H and O–H groups in total. The van der Waals surface area contributed by atoms with Crippen molar-refractivity contribution in [3.63, 3.8) is 0 Å². The van der Waals surface area contributed by atoms with Gasteiger partial charge in [-0.25, -0.2) is 22.2 Å². The van der Waals surface area contributed by atoms with Crippen LogP contribution in [0.3, 0.4) is 0 Å². The third-order valence-corrected chi connectivity index (χ3v) is 6.24. The topological polar surface area (TPSA) is 111 Å². The molecule has 10 heteroatoms. The van der Waals surface area contributed by atoms with Crippen LogP contribution >= 0.6 is 0 Å². The number of carbonyl (C=O) groups is 2. The molecule has 0 aliphatic carbocycles. The first-order valence-corrected chi connectivity index (χ1v) is 10.6. The number of carbonyl (C=O) groups excluding carboxylic acids is 2. The number of hydrogen-bond acceptors (Lipinski definition) is 6. The minimum absolute atomic E-state index is 0.0356. The van der Waals surface area contributed by atoms with Crippen molar-refractivity contribution < 1.29 is 22.7 Å². The molecule has 2 atom stereocenters. The Kier molecular flexibility index (Phi) is 7.15. The number of aromatic nitrogens is 2. The van der Waals surface area contributed by atoms with Crippen LogP contribution in [-0.4, -0.2) is 54.6 Å². The Balaban J connectivity index is 2.09. The summed E-state index contributed by atoms with van der Waals surface area (Å²) in [4.78, 5) is 24.8. The Morgan fingerprint density at radius 1 is 1.24 bits per heavy atom. The third kappa shape index (κ3) is 5.21. The van der Waals surface area contributed by atoms with Gasteiger partial charge in [-0.3, -0.25) is 4.79 Å². The van der Waals surface area contributed by atoms with E-state index in [1.54, 1.807) is 16.9 Å². The maximum absolute atomic E-state index is 12.4. The van der Waals surface area contributed by atoms with E-state index in [9.17, 15) is 18.0 Å². The van der Waals surface area contributed by atoms with Gasteiger partial charge < -0.3 is 10.1 Å². The normalized spacial score (nSPS) is 13.7. The second-order valence-corrected chi connectivity index (χ2v) is 8.92. The van der Waals surface area contributed by atoms with E-state index in [4.69, 9.17) is 4.74 Å². The molecular formula is C19H26N4O5S. The zero-order chi connectivity index (χ0) is 21.8. The fourth-order valence-corrected chi connectivity index (χ4v) is 3.39. The molecule has 0 saturated heterocycles. The van der Waals surface area contributed by atoms with Crippen LogP contribution in [0.4, 0.5) is 5.82 Å². The van der Waals surface area contributed by atoms with Crippen molar-refractivity contribution in [2.24, 2.45) is 0 Å². The molecule has 2 rings (SSSR count). The molecule has 1 heterocycles. The van der Waals surface area contributed by atoms with Gasteiger partial charge in [-0.1, -0.05) is 13.0 Å². The molecule has 9 nitrogen and oxygen atoms in total. The van der Waals surface area contributed by atoms with Crippen LogP contribution in [0, 0.1) is 0 Å². The van der Waals surface area contributed by atoms with E-state index in [1.165, 1.54) is 45.3 Å². The van der Waals surface area contributed by atoms with Crippen LogP contribution in [-0.2, 0) is 19.6 Å². The van der Waals surface area contributed by atoms with Crippen LogP contribution in [0.2, 0.25) is 0 Å². The number of nitrogens with zero attached hydrogens (tertiary/aromatic N) is 3. The van der Waals surface area contributed by atoms with Crippen LogP contribution in [0.25, 0.3) is 0 Å². The van der Waals surface area contributed by atoms with Gasteiger partial charge in [-0.05, 0) is 38.5 Å². The standard InChI is InChI=1S/C19H26N4O5S/c1-6-13(2)23-17(10-11-20-23)21-18(24)14(3)28-19(25)15-8-7-9-16(12-15)29(26,27)22(4)5/h7-14H,6H2,1-5H3,(H,21,24)/t13-,14-/m0/s1. The lowest BCUT2D eigenvalue weighted by Gasteiger charge is -2.17. The molecule has 29 heavy (non-hydrogen) atoms. The quantitative estimate of drug-likeness (QED) is 0.654. The van der Waals surface area contributed by atoms with Gasteiger partial charge in [-0.15, -0.1) is 0 Å². The van der Waals surface area contributed by atoms with Gasteiger partial charge in [0.15, 0.2) is 6.10 Å². The molecule has 0 aliphatic rings. The van der Waals surface area contributed by atoms with E-state index >= 15 is 0 Å². The first-order valence-electron chi connectivity index (χ1n) is 9.15. The van der Waals surface area contributed by atoms with Crippen molar-refractivity contribution in [2.75, 3.05) is 19.4 Å². The molecule has 0 radical (unpaired) electrons. The lowest BCUT2D eigenvalue weighted by atomic mass is 10.2. The summed E-state index contributed by atoms with van der Waals surface area (Å²) in [6.07, 6.45) is 1.33. The lowest BCUT2D eigenvalue weighted by Crippen LogP contribution is -2.31. The summed E-state index contributed by atoms with van der Waals surface area (Å²) in [5.41, 5.74) is 0.0391. The summed E-state index contributed by atoms with van der Waals surface area (Å²) >= 11 is 0. The van der Waals surface area contributed by atoms with E-state index in [1.807, 2.05) is 13.8 Å². The summed E-state index contributed by atoms with van der Waals surface area (Å²) < 4.78 is 32.4. The van der Waals surface area contributed by atoms with Gasteiger partial charge in [-0.2, -0.15) is 5.10 Å². The van der Waals surface area contributed by atoms with Gasteiger partial charge in [0, 0.05) is 20.2 Å². The molecule has 2 aromatic rings. The zero-order valence-corrected chi connectivity index (χ0v) is 17.9. The average molecular weight is 423 g/mol. The van der Waals surface area contributed by atoms with Crippen molar-refractivity contribution >= 4 is 27.7 Å². The summed E-state index contributed by atoms with van der Waals surface area (Å²) in [5, 5.41) is 6.88. The Bertz CT molecular complexity index is 984.